The van der Waals surface area contributed by atoms with E-state index in [4.69, 9.17) is 17.3 Å². The standard InChI is InChI=1S/C11H14ClN5/c12-8-3-1-2-7(8)4-17-6-16-9-10(13)14-5-15-11(9)17/h5-8H,1-4H2,(H2,13,14,15). The number of aromatic nitrogens is 4. The van der Waals surface area contributed by atoms with Gasteiger partial charge < -0.3 is 10.3 Å². The molecule has 6 heteroatoms. The summed E-state index contributed by atoms with van der Waals surface area (Å²) in [5.74, 6) is 0.938. The van der Waals surface area contributed by atoms with Crippen LogP contribution in [0.1, 0.15) is 19.3 Å². The number of anilines is 1. The fourth-order valence-corrected chi connectivity index (χ4v) is 2.84. The van der Waals surface area contributed by atoms with Crippen molar-refractivity contribution < 1.29 is 0 Å². The third-order valence-corrected chi connectivity index (χ3v) is 4.00. The molecule has 1 aliphatic carbocycles. The maximum atomic E-state index is 6.29. The van der Waals surface area contributed by atoms with E-state index in [-0.39, 0.29) is 5.38 Å². The summed E-state index contributed by atoms with van der Waals surface area (Å²) in [6, 6.07) is 0. The Balaban J connectivity index is 1.93. The lowest BCUT2D eigenvalue weighted by Crippen LogP contribution is -2.15. The highest BCUT2D eigenvalue weighted by Gasteiger charge is 2.26. The predicted octanol–water partition coefficient (Wildman–Crippen LogP) is 1.82. The van der Waals surface area contributed by atoms with Crippen LogP contribution < -0.4 is 5.73 Å². The first-order valence-electron chi connectivity index (χ1n) is 5.81. The molecule has 0 aromatic carbocycles. The number of hydrogen-bond acceptors (Lipinski definition) is 4. The number of halogens is 1. The van der Waals surface area contributed by atoms with Gasteiger partial charge in [-0.3, -0.25) is 0 Å². The monoisotopic (exact) mass is 251 g/mol. The average Bonchev–Trinajstić information content (AvgIpc) is 2.89. The largest absolute Gasteiger partial charge is 0.382 e. The highest BCUT2D eigenvalue weighted by molar-refractivity contribution is 6.20. The van der Waals surface area contributed by atoms with E-state index in [0.29, 0.717) is 17.3 Å². The van der Waals surface area contributed by atoms with Crippen LogP contribution in [0.5, 0.6) is 0 Å². The molecule has 17 heavy (non-hydrogen) atoms. The van der Waals surface area contributed by atoms with Gasteiger partial charge in [-0.25, -0.2) is 15.0 Å². The van der Waals surface area contributed by atoms with E-state index in [9.17, 15) is 0 Å². The molecule has 0 bridgehead atoms. The SMILES string of the molecule is Nc1ncnc2c1ncn2CC1CCCC1Cl. The Hall–Kier alpha value is -1.36. The smallest absolute Gasteiger partial charge is 0.165 e. The van der Waals surface area contributed by atoms with Crippen molar-refractivity contribution in [1.82, 2.24) is 19.5 Å². The van der Waals surface area contributed by atoms with Crippen LogP contribution in [-0.2, 0) is 6.54 Å². The van der Waals surface area contributed by atoms with Gasteiger partial charge in [-0.1, -0.05) is 6.42 Å². The molecule has 0 spiro atoms. The maximum absolute atomic E-state index is 6.29. The van der Waals surface area contributed by atoms with Crippen molar-refractivity contribution in [3.05, 3.63) is 12.7 Å². The number of imidazole rings is 1. The van der Waals surface area contributed by atoms with Crippen LogP contribution in [0.4, 0.5) is 5.82 Å². The molecule has 0 aliphatic heterocycles. The summed E-state index contributed by atoms with van der Waals surface area (Å²) in [5.41, 5.74) is 7.23. The zero-order valence-corrected chi connectivity index (χ0v) is 10.1. The Bertz CT molecular complexity index is 538. The second kappa shape index (κ2) is 4.14. The molecule has 5 nitrogen and oxygen atoms in total. The summed E-state index contributed by atoms with van der Waals surface area (Å²) in [6.45, 7) is 0.862. The van der Waals surface area contributed by atoms with Crippen molar-refractivity contribution in [1.29, 1.82) is 0 Å². The summed E-state index contributed by atoms with van der Waals surface area (Å²) < 4.78 is 2.03. The molecular weight excluding hydrogens is 238 g/mol. The van der Waals surface area contributed by atoms with Crippen molar-refractivity contribution in [2.45, 2.75) is 31.2 Å². The van der Waals surface area contributed by atoms with Gasteiger partial charge in [0.1, 0.15) is 11.8 Å². The summed E-state index contributed by atoms with van der Waals surface area (Å²) in [5, 5.41) is 0.270. The number of hydrogen-bond donors (Lipinski definition) is 1. The second-order valence-corrected chi connectivity index (χ2v) is 5.10. The normalized spacial score (nSPS) is 24.5. The molecular formula is C11H14ClN5. The molecule has 3 rings (SSSR count). The Morgan fingerprint density at radius 1 is 1.35 bits per heavy atom. The zero-order valence-electron chi connectivity index (χ0n) is 9.38. The molecule has 1 aliphatic rings. The number of fused-ring (bicyclic) bond motifs is 1. The molecule has 1 saturated carbocycles. The van der Waals surface area contributed by atoms with Gasteiger partial charge in [0.25, 0.3) is 0 Å². The van der Waals surface area contributed by atoms with Crippen molar-refractivity contribution in [2.75, 3.05) is 5.73 Å². The Morgan fingerprint density at radius 2 is 2.24 bits per heavy atom. The first-order chi connectivity index (χ1) is 8.25. The lowest BCUT2D eigenvalue weighted by Gasteiger charge is -2.14. The number of rotatable bonds is 2. The molecule has 2 aromatic rings. The average molecular weight is 252 g/mol. The minimum Gasteiger partial charge on any atom is -0.382 e. The summed E-state index contributed by atoms with van der Waals surface area (Å²) in [7, 11) is 0. The third kappa shape index (κ3) is 1.84. The van der Waals surface area contributed by atoms with Gasteiger partial charge in [-0.15, -0.1) is 11.6 Å². The van der Waals surface area contributed by atoms with Gasteiger partial charge in [0, 0.05) is 11.9 Å². The first-order valence-corrected chi connectivity index (χ1v) is 6.24. The fraction of sp³-hybridized carbons (Fsp3) is 0.545. The van der Waals surface area contributed by atoms with Crippen molar-refractivity contribution >= 4 is 28.6 Å². The maximum Gasteiger partial charge on any atom is 0.165 e. The Kier molecular flexibility index (Phi) is 2.63. The summed E-state index contributed by atoms with van der Waals surface area (Å²) in [6.07, 6.45) is 6.74. The number of nitrogens with two attached hydrogens (primary N) is 1. The van der Waals surface area contributed by atoms with E-state index in [1.165, 1.54) is 19.2 Å². The van der Waals surface area contributed by atoms with Crippen LogP contribution in [-0.4, -0.2) is 24.9 Å². The van der Waals surface area contributed by atoms with E-state index in [1.54, 1.807) is 6.33 Å². The molecule has 0 saturated heterocycles. The second-order valence-electron chi connectivity index (χ2n) is 4.54. The van der Waals surface area contributed by atoms with Crippen LogP contribution in [0.25, 0.3) is 11.2 Å². The van der Waals surface area contributed by atoms with Crippen LogP contribution in [0.2, 0.25) is 0 Å². The molecule has 0 amide bonds. The molecule has 1 fully saturated rings. The molecule has 2 N–H and O–H groups in total. The zero-order chi connectivity index (χ0) is 11.8. The first kappa shape index (κ1) is 10.8. The van der Waals surface area contributed by atoms with E-state index in [2.05, 4.69) is 15.0 Å². The van der Waals surface area contributed by atoms with Crippen LogP contribution >= 0.6 is 11.6 Å². The lowest BCUT2D eigenvalue weighted by atomic mass is 10.1. The van der Waals surface area contributed by atoms with Crippen molar-refractivity contribution in [3.63, 3.8) is 0 Å². The van der Waals surface area contributed by atoms with Crippen molar-refractivity contribution in [2.24, 2.45) is 5.92 Å². The topological polar surface area (TPSA) is 69.6 Å². The quantitative estimate of drug-likeness (QED) is 0.827. The van der Waals surface area contributed by atoms with Crippen LogP contribution in [0.3, 0.4) is 0 Å². The van der Waals surface area contributed by atoms with Crippen LogP contribution in [0.15, 0.2) is 12.7 Å². The van der Waals surface area contributed by atoms with Gasteiger partial charge in [0.15, 0.2) is 11.5 Å². The number of nitrogens with zero attached hydrogens (tertiary/aromatic N) is 4. The lowest BCUT2D eigenvalue weighted by molar-refractivity contribution is 0.467. The van der Waals surface area contributed by atoms with Gasteiger partial charge in [-0.2, -0.15) is 0 Å². The predicted molar refractivity (Wildman–Crippen MR) is 66.7 cm³/mol. The van der Waals surface area contributed by atoms with Crippen LogP contribution in [0, 0.1) is 5.92 Å². The Labute approximate surface area is 104 Å². The number of alkyl halides is 1. The van der Waals surface area contributed by atoms with Gasteiger partial charge >= 0.3 is 0 Å². The van der Waals surface area contributed by atoms with Crippen molar-refractivity contribution in [3.8, 4) is 0 Å². The Morgan fingerprint density at radius 3 is 3.00 bits per heavy atom. The summed E-state index contributed by atoms with van der Waals surface area (Å²) >= 11 is 6.29. The highest BCUT2D eigenvalue weighted by Crippen LogP contribution is 2.32. The van der Waals surface area contributed by atoms with Gasteiger partial charge in [-0.05, 0) is 18.8 Å². The van der Waals surface area contributed by atoms with E-state index in [1.807, 2.05) is 4.57 Å². The fourth-order valence-electron chi connectivity index (χ4n) is 2.48. The minimum atomic E-state index is 0.270. The minimum absolute atomic E-state index is 0.270. The van der Waals surface area contributed by atoms with E-state index < -0.39 is 0 Å². The highest BCUT2D eigenvalue weighted by atomic mass is 35.5. The molecule has 0 radical (unpaired) electrons. The van der Waals surface area contributed by atoms with E-state index >= 15 is 0 Å². The number of nitrogen functional groups attached to an aromatic ring is 1. The van der Waals surface area contributed by atoms with Gasteiger partial charge in [0.2, 0.25) is 0 Å². The third-order valence-electron chi connectivity index (χ3n) is 3.43. The van der Waals surface area contributed by atoms with E-state index in [0.717, 1.165) is 18.6 Å². The molecule has 2 atom stereocenters. The molecule has 2 heterocycles. The summed E-state index contributed by atoms with van der Waals surface area (Å²) in [4.78, 5) is 12.4. The molecule has 90 valence electrons. The molecule has 2 aromatic heterocycles. The molecule has 2 unspecified atom stereocenters. The van der Waals surface area contributed by atoms with Gasteiger partial charge in [0.05, 0.1) is 6.33 Å².